The van der Waals surface area contributed by atoms with E-state index in [0.717, 1.165) is 4.68 Å². The molecule has 0 fully saturated rings. The number of rotatable bonds is 0. The summed E-state index contributed by atoms with van der Waals surface area (Å²) < 4.78 is 0.941. The second-order valence-corrected chi connectivity index (χ2v) is 3.05. The third-order valence-electron chi connectivity index (χ3n) is 1.75. The molecule has 0 bridgehead atoms. The Morgan fingerprint density at radius 3 is 3.00 bits per heavy atom. The smallest absolute Gasteiger partial charge is 0.279 e. The van der Waals surface area contributed by atoms with Gasteiger partial charge >= 0.3 is 0 Å². The van der Waals surface area contributed by atoms with Gasteiger partial charge in [0.05, 0.1) is 10.9 Å². The molecule has 66 valence electrons. The number of hydrogen-bond donors (Lipinski definition) is 1. The Morgan fingerprint density at radius 2 is 2.23 bits per heavy atom. The molecule has 0 spiro atoms. The van der Waals surface area contributed by atoms with E-state index in [0.29, 0.717) is 15.9 Å². The van der Waals surface area contributed by atoms with Gasteiger partial charge in [-0.05, 0) is 18.2 Å². The number of hydrogen-bond acceptors (Lipinski definition) is 3. The zero-order chi connectivity index (χ0) is 9.42. The second-order valence-electron chi connectivity index (χ2n) is 2.62. The lowest BCUT2D eigenvalue weighted by molar-refractivity contribution is 0.914. The van der Waals surface area contributed by atoms with E-state index in [2.05, 4.69) is 4.98 Å². The molecule has 2 N–H and O–H groups in total. The molecule has 2 rings (SSSR count). The van der Waals surface area contributed by atoms with Crippen LogP contribution in [0.2, 0.25) is 5.02 Å². The topological polar surface area (TPSA) is 60.9 Å². The van der Waals surface area contributed by atoms with Crippen LogP contribution in [0, 0.1) is 0 Å². The first-order valence-corrected chi connectivity index (χ1v) is 3.98. The molecule has 5 heteroatoms. The maximum absolute atomic E-state index is 11.4. The number of benzene rings is 1. The van der Waals surface area contributed by atoms with Gasteiger partial charge in [-0.15, -0.1) is 0 Å². The SMILES string of the molecule is Nn1cnc2cc(Cl)ccc2c1=O. The molecule has 0 amide bonds. The summed E-state index contributed by atoms with van der Waals surface area (Å²) in [6, 6.07) is 4.86. The summed E-state index contributed by atoms with van der Waals surface area (Å²) in [7, 11) is 0. The van der Waals surface area contributed by atoms with Crippen molar-refractivity contribution in [1.82, 2.24) is 9.66 Å². The van der Waals surface area contributed by atoms with Crippen LogP contribution < -0.4 is 11.4 Å². The van der Waals surface area contributed by atoms with Gasteiger partial charge in [0.15, 0.2) is 0 Å². The van der Waals surface area contributed by atoms with Crippen LogP contribution in [-0.2, 0) is 0 Å². The van der Waals surface area contributed by atoms with Crippen LogP contribution in [0.15, 0.2) is 29.3 Å². The van der Waals surface area contributed by atoms with E-state index in [1.165, 1.54) is 6.33 Å². The van der Waals surface area contributed by atoms with Crippen LogP contribution in [0.1, 0.15) is 0 Å². The fourth-order valence-corrected chi connectivity index (χ4v) is 1.27. The zero-order valence-corrected chi connectivity index (χ0v) is 7.32. The fraction of sp³-hybridized carbons (Fsp3) is 0. The van der Waals surface area contributed by atoms with Crippen molar-refractivity contribution in [3.05, 3.63) is 39.9 Å². The summed E-state index contributed by atoms with van der Waals surface area (Å²) in [5, 5.41) is 1.02. The summed E-state index contributed by atoms with van der Waals surface area (Å²) in [4.78, 5) is 15.4. The van der Waals surface area contributed by atoms with E-state index in [9.17, 15) is 4.79 Å². The highest BCUT2D eigenvalue weighted by molar-refractivity contribution is 6.31. The van der Waals surface area contributed by atoms with Crippen molar-refractivity contribution in [2.75, 3.05) is 5.84 Å². The predicted octanol–water partition coefficient (Wildman–Crippen LogP) is 0.764. The minimum atomic E-state index is -0.276. The van der Waals surface area contributed by atoms with Gasteiger partial charge < -0.3 is 5.84 Å². The largest absolute Gasteiger partial charge is 0.335 e. The lowest BCUT2D eigenvalue weighted by Gasteiger charge is -1.99. The minimum Gasteiger partial charge on any atom is -0.335 e. The molecule has 1 heterocycles. The zero-order valence-electron chi connectivity index (χ0n) is 6.57. The van der Waals surface area contributed by atoms with E-state index in [1.807, 2.05) is 0 Å². The normalized spacial score (nSPS) is 10.5. The minimum absolute atomic E-state index is 0.276. The number of fused-ring (bicyclic) bond motifs is 1. The van der Waals surface area contributed by atoms with Gasteiger partial charge in [0.25, 0.3) is 5.56 Å². The van der Waals surface area contributed by atoms with Crippen LogP contribution >= 0.6 is 11.6 Å². The monoisotopic (exact) mass is 195 g/mol. The molecule has 1 aromatic heterocycles. The molecule has 0 saturated carbocycles. The Hall–Kier alpha value is -1.55. The Kier molecular flexibility index (Phi) is 1.70. The fourth-order valence-electron chi connectivity index (χ4n) is 1.11. The van der Waals surface area contributed by atoms with Crippen molar-refractivity contribution in [3.8, 4) is 0 Å². The average molecular weight is 196 g/mol. The lowest BCUT2D eigenvalue weighted by Crippen LogP contribution is -2.26. The van der Waals surface area contributed by atoms with Crippen molar-refractivity contribution >= 4 is 22.5 Å². The Balaban J connectivity index is 2.95. The molecule has 0 aliphatic carbocycles. The van der Waals surface area contributed by atoms with Crippen LogP contribution in [0.25, 0.3) is 10.9 Å². The summed E-state index contributed by atoms with van der Waals surface area (Å²) in [5.41, 5.74) is 0.279. The summed E-state index contributed by atoms with van der Waals surface area (Å²) >= 11 is 5.73. The molecule has 0 radical (unpaired) electrons. The first-order valence-electron chi connectivity index (χ1n) is 3.60. The van der Waals surface area contributed by atoms with Crippen molar-refractivity contribution in [3.63, 3.8) is 0 Å². The van der Waals surface area contributed by atoms with Gasteiger partial charge in [-0.1, -0.05) is 11.6 Å². The number of aromatic nitrogens is 2. The molecule has 0 aliphatic heterocycles. The summed E-state index contributed by atoms with van der Waals surface area (Å²) in [6.07, 6.45) is 1.26. The van der Waals surface area contributed by atoms with Crippen molar-refractivity contribution in [1.29, 1.82) is 0 Å². The van der Waals surface area contributed by atoms with E-state index in [-0.39, 0.29) is 5.56 Å². The highest BCUT2D eigenvalue weighted by Gasteiger charge is 2.01. The van der Waals surface area contributed by atoms with Gasteiger partial charge in [-0.2, -0.15) is 0 Å². The third kappa shape index (κ3) is 1.25. The first-order chi connectivity index (χ1) is 6.18. The van der Waals surface area contributed by atoms with Gasteiger partial charge in [0, 0.05) is 5.02 Å². The van der Waals surface area contributed by atoms with Crippen LogP contribution in [-0.4, -0.2) is 9.66 Å². The quantitative estimate of drug-likeness (QED) is 0.632. The van der Waals surface area contributed by atoms with E-state index >= 15 is 0 Å². The number of nitrogens with two attached hydrogens (primary N) is 1. The predicted molar refractivity (Wildman–Crippen MR) is 51.2 cm³/mol. The number of nitrogen functional groups attached to an aromatic ring is 1. The number of nitrogens with zero attached hydrogens (tertiary/aromatic N) is 2. The van der Waals surface area contributed by atoms with Gasteiger partial charge in [0.2, 0.25) is 0 Å². The van der Waals surface area contributed by atoms with Crippen LogP contribution in [0.4, 0.5) is 0 Å². The first kappa shape index (κ1) is 8.07. The molecule has 0 aliphatic rings. The van der Waals surface area contributed by atoms with Gasteiger partial charge in [-0.25, -0.2) is 9.66 Å². The van der Waals surface area contributed by atoms with Gasteiger partial charge in [-0.3, -0.25) is 4.79 Å². The van der Waals surface area contributed by atoms with Crippen LogP contribution in [0.3, 0.4) is 0 Å². The molecule has 0 atom stereocenters. The van der Waals surface area contributed by atoms with Crippen molar-refractivity contribution in [2.45, 2.75) is 0 Å². The summed E-state index contributed by atoms with van der Waals surface area (Å²) in [5.74, 6) is 5.33. The molecule has 0 saturated heterocycles. The molecule has 1 aromatic carbocycles. The molecule has 2 aromatic rings. The highest BCUT2D eigenvalue weighted by Crippen LogP contribution is 2.13. The highest BCUT2D eigenvalue weighted by atomic mass is 35.5. The third-order valence-corrected chi connectivity index (χ3v) is 1.98. The Labute approximate surface area is 78.5 Å². The summed E-state index contributed by atoms with van der Waals surface area (Å²) in [6.45, 7) is 0. The molecule has 13 heavy (non-hydrogen) atoms. The second kappa shape index (κ2) is 2.74. The Bertz CT molecular complexity index is 520. The van der Waals surface area contributed by atoms with E-state index in [1.54, 1.807) is 18.2 Å². The molecular formula is C8H6ClN3O. The molecule has 0 unspecified atom stereocenters. The molecule has 4 nitrogen and oxygen atoms in total. The van der Waals surface area contributed by atoms with Crippen LogP contribution in [0.5, 0.6) is 0 Å². The average Bonchev–Trinajstić information content (AvgIpc) is 2.12. The maximum atomic E-state index is 11.4. The van der Waals surface area contributed by atoms with E-state index in [4.69, 9.17) is 17.4 Å². The lowest BCUT2D eigenvalue weighted by atomic mass is 10.2. The standard InChI is InChI=1S/C8H6ClN3O/c9-5-1-2-6-7(3-5)11-4-12(10)8(6)13/h1-4H,10H2. The van der Waals surface area contributed by atoms with Crippen molar-refractivity contribution in [2.24, 2.45) is 0 Å². The van der Waals surface area contributed by atoms with E-state index < -0.39 is 0 Å². The molecular weight excluding hydrogens is 190 g/mol. The number of halogens is 1. The maximum Gasteiger partial charge on any atom is 0.279 e. The Morgan fingerprint density at radius 1 is 1.46 bits per heavy atom. The van der Waals surface area contributed by atoms with Gasteiger partial charge in [0.1, 0.15) is 6.33 Å². The van der Waals surface area contributed by atoms with Crippen molar-refractivity contribution < 1.29 is 0 Å².